The monoisotopic (exact) mass is 267 g/mol. The summed E-state index contributed by atoms with van der Waals surface area (Å²) in [6.07, 6.45) is 0. The van der Waals surface area contributed by atoms with Crippen LogP contribution in [-0.2, 0) is 0 Å². The van der Waals surface area contributed by atoms with Gasteiger partial charge in [0, 0.05) is 18.0 Å². The van der Waals surface area contributed by atoms with E-state index in [1.807, 2.05) is 13.0 Å². The number of halogens is 1. The molecule has 1 heterocycles. The molecule has 18 heavy (non-hydrogen) atoms. The van der Waals surface area contributed by atoms with Crippen LogP contribution in [0.2, 0.25) is 5.28 Å². The van der Waals surface area contributed by atoms with Crippen LogP contribution in [0.1, 0.15) is 6.92 Å². The SMILES string of the molecule is CCNc1nc(Cl)nc2cc(OC)c(OC)cc12. The van der Waals surface area contributed by atoms with E-state index in [4.69, 9.17) is 21.1 Å². The number of nitrogens with zero attached hydrogens (tertiary/aromatic N) is 2. The second-order valence-corrected chi connectivity index (χ2v) is 3.93. The minimum Gasteiger partial charge on any atom is -0.493 e. The van der Waals surface area contributed by atoms with Gasteiger partial charge in [0.25, 0.3) is 0 Å². The smallest absolute Gasteiger partial charge is 0.224 e. The lowest BCUT2D eigenvalue weighted by atomic mass is 10.2. The Morgan fingerprint density at radius 1 is 1.17 bits per heavy atom. The summed E-state index contributed by atoms with van der Waals surface area (Å²) in [6, 6.07) is 3.62. The Morgan fingerprint density at radius 2 is 1.83 bits per heavy atom. The van der Waals surface area contributed by atoms with Crippen LogP contribution >= 0.6 is 11.6 Å². The summed E-state index contributed by atoms with van der Waals surface area (Å²) >= 11 is 5.89. The van der Waals surface area contributed by atoms with Crippen LogP contribution in [0, 0.1) is 0 Å². The van der Waals surface area contributed by atoms with Crippen molar-refractivity contribution in [1.29, 1.82) is 0 Å². The van der Waals surface area contributed by atoms with Gasteiger partial charge in [0.15, 0.2) is 11.5 Å². The molecule has 2 aromatic rings. The second-order valence-electron chi connectivity index (χ2n) is 3.60. The van der Waals surface area contributed by atoms with Gasteiger partial charge >= 0.3 is 0 Å². The third-order valence-corrected chi connectivity index (χ3v) is 2.69. The number of hydrogen-bond donors (Lipinski definition) is 1. The van der Waals surface area contributed by atoms with Gasteiger partial charge < -0.3 is 14.8 Å². The van der Waals surface area contributed by atoms with Gasteiger partial charge in [0.2, 0.25) is 5.28 Å². The average molecular weight is 268 g/mol. The van der Waals surface area contributed by atoms with Crippen molar-refractivity contribution >= 4 is 28.3 Å². The lowest BCUT2D eigenvalue weighted by Crippen LogP contribution is -2.02. The third kappa shape index (κ3) is 2.26. The molecule has 1 N–H and O–H groups in total. The van der Waals surface area contributed by atoms with Gasteiger partial charge in [-0.05, 0) is 24.6 Å². The first-order valence-corrected chi connectivity index (χ1v) is 5.90. The summed E-state index contributed by atoms with van der Waals surface area (Å²) in [5, 5.41) is 4.19. The van der Waals surface area contributed by atoms with Crippen LogP contribution in [0.15, 0.2) is 12.1 Å². The summed E-state index contributed by atoms with van der Waals surface area (Å²) in [5.74, 6) is 1.94. The molecule has 0 saturated carbocycles. The number of ether oxygens (including phenoxy) is 2. The number of aromatic nitrogens is 2. The lowest BCUT2D eigenvalue weighted by Gasteiger charge is -2.11. The highest BCUT2D eigenvalue weighted by atomic mass is 35.5. The molecule has 96 valence electrons. The summed E-state index contributed by atoms with van der Waals surface area (Å²) in [6.45, 7) is 2.74. The minimum atomic E-state index is 0.200. The minimum absolute atomic E-state index is 0.200. The van der Waals surface area contributed by atoms with E-state index in [9.17, 15) is 0 Å². The Labute approximate surface area is 110 Å². The van der Waals surface area contributed by atoms with Crippen LogP contribution in [0.4, 0.5) is 5.82 Å². The maximum absolute atomic E-state index is 5.89. The van der Waals surface area contributed by atoms with Crippen LogP contribution in [-0.4, -0.2) is 30.7 Å². The summed E-state index contributed by atoms with van der Waals surface area (Å²) in [7, 11) is 3.17. The van der Waals surface area contributed by atoms with Crippen molar-refractivity contribution in [3.8, 4) is 11.5 Å². The van der Waals surface area contributed by atoms with E-state index < -0.39 is 0 Å². The van der Waals surface area contributed by atoms with Gasteiger partial charge in [-0.1, -0.05) is 0 Å². The molecular formula is C12H14ClN3O2. The first-order chi connectivity index (χ1) is 8.69. The van der Waals surface area contributed by atoms with Crippen molar-refractivity contribution in [2.75, 3.05) is 26.1 Å². The molecule has 0 fully saturated rings. The average Bonchev–Trinajstić information content (AvgIpc) is 2.37. The number of nitrogens with one attached hydrogen (secondary N) is 1. The Hall–Kier alpha value is -1.75. The number of fused-ring (bicyclic) bond motifs is 1. The van der Waals surface area contributed by atoms with Gasteiger partial charge in [-0.15, -0.1) is 0 Å². The second kappa shape index (κ2) is 5.27. The van der Waals surface area contributed by atoms with Crippen molar-refractivity contribution < 1.29 is 9.47 Å². The van der Waals surface area contributed by atoms with Crippen molar-refractivity contribution in [2.45, 2.75) is 6.92 Å². The highest BCUT2D eigenvalue weighted by Gasteiger charge is 2.11. The molecule has 0 amide bonds. The molecule has 6 heteroatoms. The molecule has 0 spiro atoms. The molecule has 5 nitrogen and oxygen atoms in total. The Morgan fingerprint density at radius 3 is 2.44 bits per heavy atom. The molecule has 0 unspecified atom stereocenters. The highest BCUT2D eigenvalue weighted by molar-refractivity contribution is 6.28. The standard InChI is InChI=1S/C12H14ClN3O2/c1-4-14-11-7-5-9(17-2)10(18-3)6-8(7)15-12(13)16-11/h5-6H,4H2,1-3H3,(H,14,15,16). The van der Waals surface area contributed by atoms with Gasteiger partial charge in [0.05, 0.1) is 19.7 Å². The van der Waals surface area contributed by atoms with E-state index in [-0.39, 0.29) is 5.28 Å². The fourth-order valence-corrected chi connectivity index (χ4v) is 1.91. The predicted molar refractivity (Wildman–Crippen MR) is 71.8 cm³/mol. The molecule has 0 bridgehead atoms. The fourth-order valence-electron chi connectivity index (χ4n) is 1.73. The van der Waals surface area contributed by atoms with E-state index in [2.05, 4.69) is 15.3 Å². The molecule has 1 aromatic carbocycles. The zero-order valence-electron chi connectivity index (χ0n) is 10.5. The Balaban J connectivity index is 2.70. The van der Waals surface area contributed by atoms with Crippen molar-refractivity contribution in [3.05, 3.63) is 17.4 Å². The maximum Gasteiger partial charge on any atom is 0.224 e. The topological polar surface area (TPSA) is 56.3 Å². The summed E-state index contributed by atoms with van der Waals surface area (Å²) in [4.78, 5) is 8.35. The molecule has 0 aliphatic heterocycles. The number of anilines is 1. The van der Waals surface area contributed by atoms with Crippen molar-refractivity contribution in [2.24, 2.45) is 0 Å². The van der Waals surface area contributed by atoms with Crippen LogP contribution in [0.3, 0.4) is 0 Å². The van der Waals surface area contributed by atoms with E-state index >= 15 is 0 Å². The lowest BCUT2D eigenvalue weighted by molar-refractivity contribution is 0.356. The highest BCUT2D eigenvalue weighted by Crippen LogP contribution is 2.34. The van der Waals surface area contributed by atoms with Gasteiger partial charge in [0.1, 0.15) is 5.82 Å². The summed E-state index contributed by atoms with van der Waals surface area (Å²) in [5.41, 5.74) is 0.712. The first-order valence-electron chi connectivity index (χ1n) is 5.52. The van der Waals surface area contributed by atoms with Crippen LogP contribution in [0.5, 0.6) is 11.5 Å². The molecule has 0 saturated heterocycles. The largest absolute Gasteiger partial charge is 0.493 e. The van der Waals surface area contributed by atoms with E-state index in [1.54, 1.807) is 20.3 Å². The number of methoxy groups -OCH3 is 2. The zero-order chi connectivity index (χ0) is 13.1. The number of hydrogen-bond acceptors (Lipinski definition) is 5. The molecule has 2 rings (SSSR count). The molecule has 1 aromatic heterocycles. The third-order valence-electron chi connectivity index (χ3n) is 2.52. The number of benzene rings is 1. The Bertz CT molecular complexity index is 575. The van der Waals surface area contributed by atoms with Crippen LogP contribution < -0.4 is 14.8 Å². The van der Waals surface area contributed by atoms with Crippen molar-refractivity contribution in [1.82, 2.24) is 9.97 Å². The van der Waals surface area contributed by atoms with Gasteiger partial charge in [-0.2, -0.15) is 0 Å². The Kier molecular flexibility index (Phi) is 3.72. The molecule has 0 radical (unpaired) electrons. The van der Waals surface area contributed by atoms with E-state index in [1.165, 1.54) is 0 Å². The van der Waals surface area contributed by atoms with Gasteiger partial charge in [-0.25, -0.2) is 9.97 Å². The van der Waals surface area contributed by atoms with Gasteiger partial charge in [-0.3, -0.25) is 0 Å². The molecule has 0 aliphatic carbocycles. The molecule has 0 atom stereocenters. The fraction of sp³-hybridized carbons (Fsp3) is 0.333. The summed E-state index contributed by atoms with van der Waals surface area (Å²) < 4.78 is 10.5. The zero-order valence-corrected chi connectivity index (χ0v) is 11.2. The molecular weight excluding hydrogens is 254 g/mol. The predicted octanol–water partition coefficient (Wildman–Crippen LogP) is 2.73. The normalized spacial score (nSPS) is 10.4. The number of rotatable bonds is 4. The first kappa shape index (κ1) is 12.7. The molecule has 0 aliphatic rings. The quantitative estimate of drug-likeness (QED) is 0.863. The van der Waals surface area contributed by atoms with Crippen LogP contribution in [0.25, 0.3) is 10.9 Å². The van der Waals surface area contributed by atoms with Crippen molar-refractivity contribution in [3.63, 3.8) is 0 Å². The van der Waals surface area contributed by atoms with E-state index in [0.29, 0.717) is 22.8 Å². The van der Waals surface area contributed by atoms with E-state index in [0.717, 1.165) is 11.9 Å². The maximum atomic E-state index is 5.89.